The average molecular weight is 249 g/mol. The zero-order valence-corrected chi connectivity index (χ0v) is 7.21. The van der Waals surface area contributed by atoms with Crippen LogP contribution in [0.3, 0.4) is 0 Å². The number of halogens is 7. The zero-order valence-electron chi connectivity index (χ0n) is 7.21. The minimum absolute atomic E-state index is 1.79. The van der Waals surface area contributed by atoms with Gasteiger partial charge in [-0.05, 0) is 0 Å². The van der Waals surface area contributed by atoms with Crippen molar-refractivity contribution < 1.29 is 35.5 Å². The van der Waals surface area contributed by atoms with Gasteiger partial charge in [0.1, 0.15) is 0 Å². The molecule has 1 aromatic heterocycles. The second-order valence-corrected chi connectivity index (χ2v) is 2.55. The maximum absolute atomic E-state index is 12.7. The first-order chi connectivity index (χ1) is 7.22. The Kier molecular flexibility index (Phi) is 3.24. The van der Waals surface area contributed by atoms with Crippen molar-refractivity contribution >= 4 is 0 Å². The van der Waals surface area contributed by atoms with E-state index in [0.717, 1.165) is 0 Å². The molecule has 0 unspecified atom stereocenters. The Balaban J connectivity index is 3.04. The normalized spacial score (nSPS) is 11.7. The van der Waals surface area contributed by atoms with Gasteiger partial charge in [0, 0.05) is 0 Å². The molecule has 0 radical (unpaired) electrons. The highest BCUT2D eigenvalue weighted by molar-refractivity contribution is 5.24. The topological polar surface area (TPSA) is 22.1 Å². The lowest BCUT2D eigenvalue weighted by Crippen LogP contribution is -2.21. The van der Waals surface area contributed by atoms with Crippen molar-refractivity contribution in [2.75, 3.05) is 6.61 Å². The first-order valence-electron chi connectivity index (χ1n) is 3.62. The third-order valence-electron chi connectivity index (χ3n) is 1.34. The Hall–Kier alpha value is -1.54. The van der Waals surface area contributed by atoms with Crippen molar-refractivity contribution in [3.8, 4) is 5.75 Å². The molecule has 90 valence electrons. The van der Waals surface area contributed by atoms with E-state index in [1.807, 2.05) is 0 Å². The molecule has 1 rings (SSSR count). The minimum atomic E-state index is -4.89. The van der Waals surface area contributed by atoms with Crippen LogP contribution >= 0.6 is 0 Å². The fourth-order valence-corrected chi connectivity index (χ4v) is 0.749. The van der Waals surface area contributed by atoms with Crippen LogP contribution in [0, 0.1) is 23.5 Å². The number of nitrogens with zero attached hydrogens (tertiary/aromatic N) is 1. The number of hydrogen-bond acceptors (Lipinski definition) is 2. The molecule has 0 aliphatic rings. The third kappa shape index (κ3) is 2.74. The summed E-state index contributed by atoms with van der Waals surface area (Å²) in [4.78, 5) is 2.13. The summed E-state index contributed by atoms with van der Waals surface area (Å²) in [5.74, 6) is -10.2. The van der Waals surface area contributed by atoms with E-state index in [-0.39, 0.29) is 0 Å². The Morgan fingerprint density at radius 1 is 0.938 bits per heavy atom. The van der Waals surface area contributed by atoms with Crippen LogP contribution in [0.1, 0.15) is 0 Å². The number of aromatic nitrogens is 1. The molecule has 0 atom stereocenters. The Morgan fingerprint density at radius 2 is 1.38 bits per heavy atom. The maximum Gasteiger partial charge on any atom is 0.422 e. The van der Waals surface area contributed by atoms with E-state index in [2.05, 4.69) is 9.72 Å². The van der Waals surface area contributed by atoms with Gasteiger partial charge in [0.2, 0.25) is 17.4 Å². The Morgan fingerprint density at radius 3 is 1.75 bits per heavy atom. The predicted octanol–water partition coefficient (Wildman–Crippen LogP) is 2.58. The highest BCUT2D eigenvalue weighted by Crippen LogP contribution is 2.26. The molecule has 0 fully saturated rings. The average Bonchev–Trinajstić information content (AvgIpc) is 2.13. The van der Waals surface area contributed by atoms with Gasteiger partial charge in [0.05, 0.1) is 0 Å². The van der Waals surface area contributed by atoms with Crippen molar-refractivity contribution in [1.29, 1.82) is 0 Å². The number of rotatable bonds is 2. The molecule has 0 saturated heterocycles. The summed E-state index contributed by atoms with van der Waals surface area (Å²) < 4.78 is 88.6. The summed E-state index contributed by atoms with van der Waals surface area (Å²) in [6.45, 7) is -2.08. The van der Waals surface area contributed by atoms with Crippen molar-refractivity contribution in [1.82, 2.24) is 4.98 Å². The van der Waals surface area contributed by atoms with Crippen molar-refractivity contribution in [2.24, 2.45) is 0 Å². The number of ether oxygens (including phenoxy) is 1. The van der Waals surface area contributed by atoms with Crippen LogP contribution in [-0.4, -0.2) is 17.8 Å². The van der Waals surface area contributed by atoms with E-state index < -0.39 is 42.1 Å². The zero-order chi connectivity index (χ0) is 12.5. The van der Waals surface area contributed by atoms with Crippen LogP contribution in [0.5, 0.6) is 5.75 Å². The molecule has 0 aliphatic heterocycles. The summed E-state index contributed by atoms with van der Waals surface area (Å²) >= 11 is 0. The highest BCUT2D eigenvalue weighted by atomic mass is 19.4. The van der Waals surface area contributed by atoms with Gasteiger partial charge < -0.3 is 4.74 Å². The van der Waals surface area contributed by atoms with Crippen LogP contribution < -0.4 is 4.74 Å². The van der Waals surface area contributed by atoms with E-state index in [1.165, 1.54) is 0 Å². The standard InChI is InChI=1S/C7H2F7NO/c8-2-4(16-1-7(12,13)14)3(9)6(11)15-5(2)10/h1H2. The van der Waals surface area contributed by atoms with Gasteiger partial charge in [-0.3, -0.25) is 0 Å². The fourth-order valence-electron chi connectivity index (χ4n) is 0.749. The summed E-state index contributed by atoms with van der Waals surface area (Å²) in [5.41, 5.74) is 0. The lowest BCUT2D eigenvalue weighted by molar-refractivity contribution is -0.154. The van der Waals surface area contributed by atoms with Crippen LogP contribution in [-0.2, 0) is 0 Å². The summed E-state index contributed by atoms with van der Waals surface area (Å²) in [6.07, 6.45) is -4.89. The van der Waals surface area contributed by atoms with Crippen LogP contribution in [0.15, 0.2) is 0 Å². The van der Waals surface area contributed by atoms with Gasteiger partial charge in [-0.25, -0.2) is 0 Å². The second kappa shape index (κ2) is 4.14. The van der Waals surface area contributed by atoms with Gasteiger partial charge in [0.25, 0.3) is 11.9 Å². The maximum atomic E-state index is 12.7. The predicted molar refractivity (Wildman–Crippen MR) is 35.6 cm³/mol. The second-order valence-electron chi connectivity index (χ2n) is 2.55. The minimum Gasteiger partial charge on any atom is -0.478 e. The number of pyridine rings is 1. The van der Waals surface area contributed by atoms with Crippen LogP contribution in [0.2, 0.25) is 0 Å². The molecule has 0 bridgehead atoms. The van der Waals surface area contributed by atoms with Crippen LogP contribution in [0.25, 0.3) is 0 Å². The molecular formula is C7H2F7NO. The molecule has 0 aromatic carbocycles. The largest absolute Gasteiger partial charge is 0.478 e. The van der Waals surface area contributed by atoms with E-state index in [9.17, 15) is 30.7 Å². The summed E-state index contributed by atoms with van der Waals surface area (Å²) in [5, 5.41) is 0. The molecule has 16 heavy (non-hydrogen) atoms. The highest BCUT2D eigenvalue weighted by Gasteiger charge is 2.31. The molecule has 0 saturated carbocycles. The van der Waals surface area contributed by atoms with Gasteiger partial charge in [-0.1, -0.05) is 0 Å². The molecule has 0 N–H and O–H groups in total. The first kappa shape index (κ1) is 12.5. The Bertz CT molecular complexity index is 376. The molecule has 1 heterocycles. The first-order valence-corrected chi connectivity index (χ1v) is 3.62. The number of alkyl halides is 3. The number of hydrogen-bond donors (Lipinski definition) is 0. The third-order valence-corrected chi connectivity index (χ3v) is 1.34. The molecule has 2 nitrogen and oxygen atoms in total. The Labute approximate surface area is 83.7 Å². The van der Waals surface area contributed by atoms with Gasteiger partial charge >= 0.3 is 6.18 Å². The molecule has 9 heteroatoms. The molecule has 0 amide bonds. The molecule has 0 aliphatic carbocycles. The van der Waals surface area contributed by atoms with E-state index in [1.54, 1.807) is 0 Å². The smallest absolute Gasteiger partial charge is 0.422 e. The van der Waals surface area contributed by atoms with Gasteiger partial charge in [-0.15, -0.1) is 0 Å². The monoisotopic (exact) mass is 249 g/mol. The molecule has 0 spiro atoms. The van der Waals surface area contributed by atoms with Gasteiger partial charge in [-0.2, -0.15) is 35.7 Å². The summed E-state index contributed by atoms with van der Waals surface area (Å²) in [7, 11) is 0. The summed E-state index contributed by atoms with van der Waals surface area (Å²) in [6, 6.07) is 0. The fraction of sp³-hybridized carbons (Fsp3) is 0.286. The van der Waals surface area contributed by atoms with Crippen molar-refractivity contribution in [3.63, 3.8) is 0 Å². The lowest BCUT2D eigenvalue weighted by atomic mass is 10.4. The molecular weight excluding hydrogens is 247 g/mol. The van der Waals surface area contributed by atoms with Gasteiger partial charge in [0.15, 0.2) is 6.61 Å². The van der Waals surface area contributed by atoms with E-state index >= 15 is 0 Å². The molecule has 1 aromatic rings. The quantitative estimate of drug-likeness (QED) is 0.593. The van der Waals surface area contributed by atoms with Crippen molar-refractivity contribution in [2.45, 2.75) is 6.18 Å². The van der Waals surface area contributed by atoms with Crippen molar-refractivity contribution in [3.05, 3.63) is 23.5 Å². The van der Waals surface area contributed by atoms with Crippen LogP contribution in [0.4, 0.5) is 30.7 Å². The lowest BCUT2D eigenvalue weighted by Gasteiger charge is -2.10. The van der Waals surface area contributed by atoms with E-state index in [4.69, 9.17) is 0 Å². The SMILES string of the molecule is Fc1nc(F)c(F)c(OCC(F)(F)F)c1F. The van der Waals surface area contributed by atoms with E-state index in [0.29, 0.717) is 0 Å².